The van der Waals surface area contributed by atoms with Crippen molar-refractivity contribution < 1.29 is 9.21 Å². The monoisotopic (exact) mass is 322 g/mol. The second-order valence-electron chi connectivity index (χ2n) is 5.43. The molecule has 0 unspecified atom stereocenters. The van der Waals surface area contributed by atoms with Crippen LogP contribution in [0.2, 0.25) is 0 Å². The largest absolute Gasteiger partial charge is 0.451 e. The number of aromatic nitrogens is 1. The first kappa shape index (κ1) is 14.0. The molecule has 0 aliphatic heterocycles. The molecule has 4 aromatic rings. The first-order valence-corrected chi connectivity index (χ1v) is 8.08. The number of carbonyl (C=O) groups is 1. The summed E-state index contributed by atoms with van der Waals surface area (Å²) in [4.78, 5) is 17.3. The molecule has 0 atom stereocenters. The van der Waals surface area contributed by atoms with Gasteiger partial charge in [0.2, 0.25) is 0 Å². The number of aryl methyl sites for hydroxylation is 2. The molecule has 2 aromatic carbocycles. The Hall–Kier alpha value is -2.66. The summed E-state index contributed by atoms with van der Waals surface area (Å²) in [6.07, 6.45) is 0. The van der Waals surface area contributed by atoms with Gasteiger partial charge in [0.15, 0.2) is 10.6 Å². The molecule has 0 fully saturated rings. The fraction of sp³-hybridized carbons (Fsp3) is 0.111. The number of carbonyl (C=O) groups excluding carboxylic acids is 1. The second-order valence-corrected chi connectivity index (χ2v) is 6.44. The Morgan fingerprint density at radius 2 is 2.00 bits per heavy atom. The van der Waals surface area contributed by atoms with Gasteiger partial charge in [-0.2, -0.15) is 4.99 Å². The zero-order valence-electron chi connectivity index (χ0n) is 12.7. The number of thiazole rings is 1. The predicted molar refractivity (Wildman–Crippen MR) is 91.6 cm³/mol. The molecule has 0 aliphatic carbocycles. The van der Waals surface area contributed by atoms with Crippen LogP contribution in [0.15, 0.2) is 57.9 Å². The molecule has 1 amide bonds. The molecule has 0 aliphatic rings. The number of rotatable bonds is 1. The number of hydrogen-bond donors (Lipinski definition) is 0. The minimum absolute atomic E-state index is 0.264. The van der Waals surface area contributed by atoms with E-state index in [0.29, 0.717) is 10.4 Å². The number of benzene rings is 2. The lowest BCUT2D eigenvalue weighted by Crippen LogP contribution is -2.13. The van der Waals surface area contributed by atoms with Crippen molar-refractivity contribution in [2.75, 3.05) is 0 Å². The summed E-state index contributed by atoms with van der Waals surface area (Å²) in [5, 5.41) is 0.905. The lowest BCUT2D eigenvalue weighted by Gasteiger charge is -1.98. The van der Waals surface area contributed by atoms with E-state index >= 15 is 0 Å². The minimum Gasteiger partial charge on any atom is -0.451 e. The molecule has 0 spiro atoms. The van der Waals surface area contributed by atoms with Crippen molar-refractivity contribution in [3.8, 4) is 0 Å². The van der Waals surface area contributed by atoms with Crippen LogP contribution in [-0.2, 0) is 7.05 Å². The smallest absolute Gasteiger partial charge is 0.315 e. The highest BCUT2D eigenvalue weighted by Gasteiger charge is 2.12. The van der Waals surface area contributed by atoms with Crippen molar-refractivity contribution in [2.45, 2.75) is 6.92 Å². The molecule has 5 heteroatoms. The predicted octanol–water partition coefficient (Wildman–Crippen LogP) is 4.04. The Morgan fingerprint density at radius 1 is 1.17 bits per heavy atom. The van der Waals surface area contributed by atoms with Gasteiger partial charge in [-0.15, -0.1) is 0 Å². The van der Waals surface area contributed by atoms with Crippen molar-refractivity contribution in [3.05, 3.63) is 64.7 Å². The average Bonchev–Trinajstić information content (AvgIpc) is 3.10. The van der Waals surface area contributed by atoms with Crippen LogP contribution in [-0.4, -0.2) is 10.5 Å². The van der Waals surface area contributed by atoms with E-state index in [2.05, 4.69) is 18.0 Å². The summed E-state index contributed by atoms with van der Waals surface area (Å²) in [6, 6.07) is 15.4. The van der Waals surface area contributed by atoms with Crippen molar-refractivity contribution >= 4 is 38.4 Å². The molecular weight excluding hydrogens is 308 g/mol. The van der Waals surface area contributed by atoms with Crippen molar-refractivity contribution in [3.63, 3.8) is 0 Å². The van der Waals surface area contributed by atoms with E-state index in [1.165, 1.54) is 16.9 Å². The van der Waals surface area contributed by atoms with Crippen LogP contribution in [0.5, 0.6) is 0 Å². The normalized spacial score (nSPS) is 12.3. The summed E-state index contributed by atoms with van der Waals surface area (Å²) >= 11 is 1.50. The third-order valence-electron chi connectivity index (χ3n) is 3.86. The van der Waals surface area contributed by atoms with Gasteiger partial charge in [-0.25, -0.2) is 0 Å². The highest BCUT2D eigenvalue weighted by molar-refractivity contribution is 7.16. The summed E-state index contributed by atoms with van der Waals surface area (Å²) < 4.78 is 8.66. The van der Waals surface area contributed by atoms with Gasteiger partial charge in [0.25, 0.3) is 0 Å². The maximum atomic E-state index is 12.4. The molecule has 4 nitrogen and oxygen atoms in total. The summed E-state index contributed by atoms with van der Waals surface area (Å²) in [7, 11) is 1.93. The standard InChI is InChI=1S/C18H14N2O2S/c1-11-6-5-9-15-16(11)20(2)18(23-15)19-17(21)14-10-12-7-3-4-8-13(12)22-14/h3-10H,1-2H3. The van der Waals surface area contributed by atoms with Crippen LogP contribution in [0, 0.1) is 6.92 Å². The SMILES string of the molecule is Cc1cccc2sc(=NC(=O)c3cc4ccccc4o3)n(C)c12. The van der Waals surface area contributed by atoms with Gasteiger partial charge in [0, 0.05) is 12.4 Å². The van der Waals surface area contributed by atoms with E-state index in [9.17, 15) is 4.79 Å². The van der Waals surface area contributed by atoms with Crippen molar-refractivity contribution in [2.24, 2.45) is 12.0 Å². The first-order chi connectivity index (χ1) is 11.1. The highest BCUT2D eigenvalue weighted by atomic mass is 32.1. The number of amides is 1. The van der Waals surface area contributed by atoms with Crippen LogP contribution in [0.25, 0.3) is 21.2 Å². The Balaban J connectivity index is 1.85. The number of furan rings is 1. The second kappa shape index (κ2) is 5.21. The van der Waals surface area contributed by atoms with Gasteiger partial charge >= 0.3 is 5.91 Å². The topological polar surface area (TPSA) is 47.5 Å². The third-order valence-corrected chi connectivity index (χ3v) is 4.95. The van der Waals surface area contributed by atoms with E-state index in [-0.39, 0.29) is 11.7 Å². The van der Waals surface area contributed by atoms with Crippen molar-refractivity contribution in [1.29, 1.82) is 0 Å². The van der Waals surface area contributed by atoms with Gasteiger partial charge in [-0.05, 0) is 30.7 Å². The van der Waals surface area contributed by atoms with Gasteiger partial charge in [0.1, 0.15) is 5.58 Å². The van der Waals surface area contributed by atoms with Gasteiger partial charge in [0.05, 0.1) is 10.2 Å². The van der Waals surface area contributed by atoms with Crippen LogP contribution in [0.3, 0.4) is 0 Å². The Labute approximate surface area is 136 Å². The summed E-state index contributed by atoms with van der Waals surface area (Å²) in [6.45, 7) is 2.06. The molecule has 0 bridgehead atoms. The molecule has 0 radical (unpaired) electrons. The van der Waals surface area contributed by atoms with E-state index in [4.69, 9.17) is 4.42 Å². The van der Waals surface area contributed by atoms with E-state index in [1.54, 1.807) is 6.07 Å². The fourth-order valence-electron chi connectivity index (χ4n) is 2.73. The van der Waals surface area contributed by atoms with Crippen LogP contribution >= 0.6 is 11.3 Å². The van der Waals surface area contributed by atoms with Crippen LogP contribution in [0.1, 0.15) is 16.1 Å². The van der Waals surface area contributed by atoms with Crippen LogP contribution in [0.4, 0.5) is 0 Å². The molecule has 2 aromatic heterocycles. The number of nitrogens with zero attached hydrogens (tertiary/aromatic N) is 2. The number of para-hydroxylation sites is 2. The molecule has 114 valence electrons. The Bertz CT molecular complexity index is 1080. The quantitative estimate of drug-likeness (QED) is 0.531. The fourth-order valence-corrected chi connectivity index (χ4v) is 3.83. The molecule has 2 heterocycles. The first-order valence-electron chi connectivity index (χ1n) is 7.26. The maximum absolute atomic E-state index is 12.4. The maximum Gasteiger partial charge on any atom is 0.315 e. The average molecular weight is 322 g/mol. The highest BCUT2D eigenvalue weighted by Crippen LogP contribution is 2.21. The van der Waals surface area contributed by atoms with Gasteiger partial charge < -0.3 is 8.98 Å². The molecule has 0 saturated heterocycles. The lowest BCUT2D eigenvalue weighted by molar-refractivity contribution is 0.0973. The summed E-state index contributed by atoms with van der Waals surface area (Å²) in [5.41, 5.74) is 2.97. The lowest BCUT2D eigenvalue weighted by atomic mass is 10.2. The van der Waals surface area contributed by atoms with Gasteiger partial charge in [-0.1, -0.05) is 41.7 Å². The molecular formula is C18H14N2O2S. The van der Waals surface area contributed by atoms with Crippen molar-refractivity contribution in [1.82, 2.24) is 4.57 Å². The van der Waals surface area contributed by atoms with Gasteiger partial charge in [-0.3, -0.25) is 4.79 Å². The molecule has 0 N–H and O–H groups in total. The third kappa shape index (κ3) is 2.29. The number of hydrogen-bond acceptors (Lipinski definition) is 3. The number of fused-ring (bicyclic) bond motifs is 2. The molecule has 4 rings (SSSR count). The molecule has 23 heavy (non-hydrogen) atoms. The Morgan fingerprint density at radius 3 is 2.78 bits per heavy atom. The van der Waals surface area contributed by atoms with E-state index in [0.717, 1.165) is 15.6 Å². The summed E-state index contributed by atoms with van der Waals surface area (Å²) in [5.74, 6) is -0.0959. The zero-order valence-corrected chi connectivity index (χ0v) is 13.6. The zero-order chi connectivity index (χ0) is 16.0. The molecule has 0 saturated carbocycles. The van der Waals surface area contributed by atoms with E-state index < -0.39 is 0 Å². The van der Waals surface area contributed by atoms with E-state index in [1.807, 2.05) is 48.0 Å². The minimum atomic E-state index is -0.360. The Kier molecular flexibility index (Phi) is 3.16. The van der Waals surface area contributed by atoms with Crippen LogP contribution < -0.4 is 4.80 Å².